The quantitative estimate of drug-likeness (QED) is 0.783. The molecule has 0 atom stereocenters. The number of nitrogens with zero attached hydrogens (tertiary/aromatic N) is 2. The fourth-order valence-electron chi connectivity index (χ4n) is 2.03. The maximum absolute atomic E-state index is 13.2. The van der Waals surface area contributed by atoms with Gasteiger partial charge in [0.2, 0.25) is 5.89 Å². The lowest BCUT2D eigenvalue weighted by Crippen LogP contribution is -2.12. The molecule has 23 heavy (non-hydrogen) atoms. The number of benzene rings is 1. The van der Waals surface area contributed by atoms with Crippen LogP contribution in [-0.2, 0) is 6.42 Å². The average Bonchev–Trinajstić information content (AvgIpc) is 3.14. The average molecular weight is 331 g/mol. The fraction of sp³-hybridized carbons (Fsp3) is 0.188. The number of carbonyl (C=O) groups excluding carboxylic acids is 1. The highest BCUT2D eigenvalue weighted by Crippen LogP contribution is 2.33. The minimum Gasteiger partial charge on any atom is -0.420 e. The summed E-state index contributed by atoms with van der Waals surface area (Å²) in [5.74, 6) is 0.188. The monoisotopic (exact) mass is 331 g/mol. The van der Waals surface area contributed by atoms with Gasteiger partial charge in [-0.3, -0.25) is 4.79 Å². The van der Waals surface area contributed by atoms with Gasteiger partial charge in [0.25, 0.3) is 11.8 Å². The van der Waals surface area contributed by atoms with E-state index < -0.39 is 5.82 Å². The molecule has 118 valence electrons. The Kier molecular flexibility index (Phi) is 4.20. The van der Waals surface area contributed by atoms with Crippen LogP contribution < -0.4 is 5.32 Å². The number of halogens is 1. The molecular weight excluding hydrogens is 317 g/mol. The van der Waals surface area contributed by atoms with Crippen LogP contribution in [0.15, 0.2) is 34.7 Å². The first-order chi connectivity index (χ1) is 11.1. The summed E-state index contributed by atoms with van der Waals surface area (Å²) in [5.41, 5.74) is 0.915. The predicted octanol–water partition coefficient (Wildman–Crippen LogP) is 4.06. The largest absolute Gasteiger partial charge is 0.420 e. The van der Waals surface area contributed by atoms with Crippen LogP contribution in [0.5, 0.6) is 0 Å². The second-order valence-corrected chi connectivity index (χ2v) is 6.16. The molecule has 0 saturated carbocycles. The Hall–Kier alpha value is -2.54. The van der Waals surface area contributed by atoms with E-state index in [1.165, 1.54) is 29.5 Å². The Morgan fingerprint density at radius 3 is 2.87 bits per heavy atom. The van der Waals surface area contributed by atoms with E-state index in [9.17, 15) is 9.18 Å². The summed E-state index contributed by atoms with van der Waals surface area (Å²) < 4.78 is 18.7. The van der Waals surface area contributed by atoms with Crippen molar-refractivity contribution in [3.63, 3.8) is 0 Å². The summed E-state index contributed by atoms with van der Waals surface area (Å²) in [6.07, 6.45) is 0.667. The van der Waals surface area contributed by atoms with Crippen molar-refractivity contribution in [2.45, 2.75) is 20.3 Å². The van der Waals surface area contributed by atoms with E-state index in [1.54, 1.807) is 12.1 Å². The highest BCUT2D eigenvalue weighted by atomic mass is 32.1. The minimum absolute atomic E-state index is 0.267. The zero-order chi connectivity index (χ0) is 16.4. The Morgan fingerprint density at radius 1 is 1.35 bits per heavy atom. The van der Waals surface area contributed by atoms with Gasteiger partial charge < -0.3 is 9.73 Å². The number of nitrogens with one attached hydrogen (secondary N) is 1. The number of amides is 1. The molecule has 5 nitrogen and oxygen atoms in total. The molecule has 1 amide bonds. The van der Waals surface area contributed by atoms with Crippen LogP contribution in [0.4, 0.5) is 10.1 Å². The Bertz CT molecular complexity index is 857. The fourth-order valence-corrected chi connectivity index (χ4v) is 2.93. The van der Waals surface area contributed by atoms with Gasteiger partial charge in [0, 0.05) is 16.9 Å². The van der Waals surface area contributed by atoms with Crippen molar-refractivity contribution in [2.75, 3.05) is 5.32 Å². The third kappa shape index (κ3) is 3.29. The van der Waals surface area contributed by atoms with Crippen LogP contribution in [0.2, 0.25) is 0 Å². The highest BCUT2D eigenvalue weighted by molar-refractivity contribution is 7.15. The van der Waals surface area contributed by atoms with Crippen LogP contribution in [0.1, 0.15) is 28.0 Å². The first kappa shape index (κ1) is 15.4. The summed E-state index contributed by atoms with van der Waals surface area (Å²) in [4.78, 5) is 13.9. The molecule has 0 saturated heterocycles. The zero-order valence-corrected chi connectivity index (χ0v) is 13.4. The summed E-state index contributed by atoms with van der Waals surface area (Å²) in [6, 6.07) is 7.34. The molecular formula is C16H14FN3O2S. The molecule has 0 fully saturated rings. The van der Waals surface area contributed by atoms with Gasteiger partial charge in [-0.1, -0.05) is 13.0 Å². The molecule has 0 bridgehead atoms. The normalized spacial score (nSPS) is 10.7. The maximum atomic E-state index is 13.2. The molecule has 2 heterocycles. The molecule has 7 heteroatoms. The Labute approximate surface area is 136 Å². The zero-order valence-electron chi connectivity index (χ0n) is 12.6. The molecule has 0 spiro atoms. The SMILES string of the molecule is CCc1nnc(-c2cc(NC(=O)c3cccc(F)c3)c(C)s2)o1. The third-order valence-corrected chi connectivity index (χ3v) is 4.27. The Balaban J connectivity index is 1.82. The number of aryl methyl sites for hydroxylation is 2. The maximum Gasteiger partial charge on any atom is 0.257 e. The number of thiophene rings is 1. The van der Waals surface area contributed by atoms with E-state index in [4.69, 9.17) is 4.42 Å². The van der Waals surface area contributed by atoms with E-state index in [0.29, 0.717) is 23.9 Å². The molecule has 1 N–H and O–H groups in total. The molecule has 3 aromatic rings. The summed E-state index contributed by atoms with van der Waals surface area (Å²) in [6.45, 7) is 3.81. The van der Waals surface area contributed by atoms with E-state index >= 15 is 0 Å². The van der Waals surface area contributed by atoms with Crippen molar-refractivity contribution >= 4 is 22.9 Å². The molecule has 0 aliphatic heterocycles. The van der Waals surface area contributed by atoms with Gasteiger partial charge in [0.15, 0.2) is 0 Å². The second kappa shape index (κ2) is 6.29. The smallest absolute Gasteiger partial charge is 0.257 e. The topological polar surface area (TPSA) is 68.0 Å². The number of anilines is 1. The van der Waals surface area contributed by atoms with Crippen LogP contribution in [0, 0.1) is 12.7 Å². The van der Waals surface area contributed by atoms with Gasteiger partial charge in [-0.2, -0.15) is 0 Å². The first-order valence-corrected chi connectivity index (χ1v) is 7.88. The molecule has 0 unspecified atom stereocenters. The van der Waals surface area contributed by atoms with Gasteiger partial charge in [0.1, 0.15) is 5.82 Å². The van der Waals surface area contributed by atoms with Crippen molar-refractivity contribution in [3.8, 4) is 10.8 Å². The molecule has 0 aliphatic rings. The van der Waals surface area contributed by atoms with Gasteiger partial charge in [0.05, 0.1) is 10.6 Å². The number of carbonyl (C=O) groups is 1. The lowest BCUT2D eigenvalue weighted by Gasteiger charge is -2.04. The van der Waals surface area contributed by atoms with Crippen molar-refractivity contribution < 1.29 is 13.6 Å². The van der Waals surface area contributed by atoms with E-state index in [2.05, 4.69) is 15.5 Å². The number of aromatic nitrogens is 2. The predicted molar refractivity (Wildman–Crippen MR) is 86.1 cm³/mol. The number of hydrogen-bond donors (Lipinski definition) is 1. The third-order valence-electron chi connectivity index (χ3n) is 3.23. The highest BCUT2D eigenvalue weighted by Gasteiger charge is 2.15. The van der Waals surface area contributed by atoms with Crippen molar-refractivity contribution in [1.82, 2.24) is 10.2 Å². The number of rotatable bonds is 4. The van der Waals surface area contributed by atoms with E-state index in [-0.39, 0.29) is 11.5 Å². The molecule has 3 rings (SSSR count). The van der Waals surface area contributed by atoms with Crippen LogP contribution in [-0.4, -0.2) is 16.1 Å². The van der Waals surface area contributed by atoms with Crippen LogP contribution in [0.25, 0.3) is 10.8 Å². The number of hydrogen-bond acceptors (Lipinski definition) is 5. The van der Waals surface area contributed by atoms with E-state index in [1.807, 2.05) is 13.8 Å². The van der Waals surface area contributed by atoms with Crippen molar-refractivity contribution in [1.29, 1.82) is 0 Å². The van der Waals surface area contributed by atoms with Gasteiger partial charge in [-0.05, 0) is 31.2 Å². The lowest BCUT2D eigenvalue weighted by molar-refractivity contribution is 0.102. The second-order valence-electron chi connectivity index (χ2n) is 4.90. The Morgan fingerprint density at radius 2 is 2.17 bits per heavy atom. The molecule has 2 aromatic heterocycles. The standard InChI is InChI=1S/C16H14FN3O2S/c1-3-14-19-20-16(22-14)13-8-12(9(2)23-13)18-15(21)10-5-4-6-11(17)7-10/h4-8H,3H2,1-2H3,(H,18,21). The van der Waals surface area contributed by atoms with Crippen molar-refractivity contribution in [3.05, 3.63) is 52.5 Å². The molecule has 0 radical (unpaired) electrons. The van der Waals surface area contributed by atoms with Crippen LogP contribution in [0.3, 0.4) is 0 Å². The van der Waals surface area contributed by atoms with Crippen LogP contribution >= 0.6 is 11.3 Å². The first-order valence-electron chi connectivity index (χ1n) is 7.07. The molecule has 1 aromatic carbocycles. The van der Waals surface area contributed by atoms with Crippen molar-refractivity contribution in [2.24, 2.45) is 0 Å². The summed E-state index contributed by atoms with van der Waals surface area (Å²) in [5, 5.41) is 10.7. The van der Waals surface area contributed by atoms with Gasteiger partial charge in [-0.25, -0.2) is 4.39 Å². The van der Waals surface area contributed by atoms with Gasteiger partial charge in [-0.15, -0.1) is 21.5 Å². The molecule has 0 aliphatic carbocycles. The van der Waals surface area contributed by atoms with Gasteiger partial charge >= 0.3 is 0 Å². The summed E-state index contributed by atoms with van der Waals surface area (Å²) in [7, 11) is 0. The van der Waals surface area contributed by atoms with E-state index in [0.717, 1.165) is 9.75 Å². The lowest BCUT2D eigenvalue weighted by atomic mass is 10.2. The minimum atomic E-state index is -0.446. The summed E-state index contributed by atoms with van der Waals surface area (Å²) >= 11 is 1.45.